The lowest BCUT2D eigenvalue weighted by Gasteiger charge is -2.21. The zero-order valence-corrected chi connectivity index (χ0v) is 19.8. The molecule has 3 rings (SSSR count). The molecule has 1 aromatic carbocycles. The molecule has 2 N–H and O–H groups in total. The summed E-state index contributed by atoms with van der Waals surface area (Å²) in [4.78, 5) is 10.5. The highest BCUT2D eigenvalue weighted by atomic mass is 127. The molecule has 0 aliphatic carbocycles. The first kappa shape index (κ1) is 24.3. The number of benzene rings is 1. The molecule has 10 heteroatoms. The SMILES string of the molecule is CN=C(NCCCc1nc(C(C)C)no1)NC1CCN(c2ccc(F)cc2F)C1.I. The summed E-state index contributed by atoms with van der Waals surface area (Å²) < 4.78 is 32.4. The van der Waals surface area contributed by atoms with Crippen molar-refractivity contribution in [2.75, 3.05) is 31.6 Å². The van der Waals surface area contributed by atoms with Crippen molar-refractivity contribution in [3.8, 4) is 0 Å². The van der Waals surface area contributed by atoms with E-state index < -0.39 is 11.6 Å². The van der Waals surface area contributed by atoms with E-state index in [0.717, 1.165) is 24.7 Å². The third-order valence-electron chi connectivity index (χ3n) is 4.86. The maximum absolute atomic E-state index is 14.0. The summed E-state index contributed by atoms with van der Waals surface area (Å²) in [6.45, 7) is 6.10. The summed E-state index contributed by atoms with van der Waals surface area (Å²) in [5.74, 6) is 1.23. The predicted molar refractivity (Wildman–Crippen MR) is 124 cm³/mol. The van der Waals surface area contributed by atoms with E-state index >= 15 is 0 Å². The third kappa shape index (κ3) is 6.51. The van der Waals surface area contributed by atoms with Gasteiger partial charge in [-0.15, -0.1) is 24.0 Å². The van der Waals surface area contributed by atoms with Crippen molar-refractivity contribution >= 4 is 35.6 Å². The largest absolute Gasteiger partial charge is 0.367 e. The number of aromatic nitrogens is 2. The Hall–Kier alpha value is -1.98. The number of nitrogens with one attached hydrogen (secondary N) is 2. The van der Waals surface area contributed by atoms with Gasteiger partial charge in [-0.3, -0.25) is 4.99 Å². The van der Waals surface area contributed by atoms with Crippen molar-refractivity contribution in [3.05, 3.63) is 41.5 Å². The number of aryl methyl sites for hydroxylation is 1. The third-order valence-corrected chi connectivity index (χ3v) is 4.86. The smallest absolute Gasteiger partial charge is 0.226 e. The van der Waals surface area contributed by atoms with Gasteiger partial charge in [0.25, 0.3) is 0 Å². The van der Waals surface area contributed by atoms with Crippen LogP contribution in [0.1, 0.15) is 44.3 Å². The van der Waals surface area contributed by atoms with Crippen LogP contribution in [-0.2, 0) is 6.42 Å². The van der Waals surface area contributed by atoms with E-state index in [4.69, 9.17) is 4.52 Å². The Labute approximate surface area is 192 Å². The van der Waals surface area contributed by atoms with Crippen LogP contribution in [0.3, 0.4) is 0 Å². The van der Waals surface area contributed by atoms with Crippen LogP contribution in [0, 0.1) is 11.6 Å². The number of aliphatic imine (C=N–C) groups is 1. The fourth-order valence-corrected chi connectivity index (χ4v) is 3.27. The number of nitrogens with zero attached hydrogens (tertiary/aromatic N) is 4. The Kier molecular flexibility index (Phi) is 9.25. The van der Waals surface area contributed by atoms with Crippen molar-refractivity contribution in [1.29, 1.82) is 0 Å². The van der Waals surface area contributed by atoms with Crippen molar-refractivity contribution in [3.63, 3.8) is 0 Å². The number of hydrogen-bond acceptors (Lipinski definition) is 5. The molecule has 0 amide bonds. The summed E-state index contributed by atoms with van der Waals surface area (Å²) in [6.07, 6.45) is 2.38. The van der Waals surface area contributed by atoms with E-state index in [2.05, 4.69) is 25.8 Å². The molecule has 2 heterocycles. The number of hydrogen-bond donors (Lipinski definition) is 2. The average Bonchev–Trinajstić information content (AvgIpc) is 3.34. The molecule has 30 heavy (non-hydrogen) atoms. The first-order chi connectivity index (χ1) is 14.0. The minimum atomic E-state index is -0.564. The van der Waals surface area contributed by atoms with E-state index in [1.807, 2.05) is 18.7 Å². The van der Waals surface area contributed by atoms with Gasteiger partial charge in [0.05, 0.1) is 5.69 Å². The molecule has 166 valence electrons. The normalized spacial score (nSPS) is 16.7. The molecular formula is C20H29F2IN6O. The van der Waals surface area contributed by atoms with E-state index in [-0.39, 0.29) is 35.9 Å². The lowest BCUT2D eigenvalue weighted by molar-refractivity contribution is 0.368. The van der Waals surface area contributed by atoms with Crippen molar-refractivity contribution < 1.29 is 13.3 Å². The van der Waals surface area contributed by atoms with Gasteiger partial charge in [-0.25, -0.2) is 8.78 Å². The number of guanidine groups is 1. The highest BCUT2D eigenvalue weighted by Crippen LogP contribution is 2.24. The molecule has 1 unspecified atom stereocenters. The maximum Gasteiger partial charge on any atom is 0.226 e. The molecule has 1 aliphatic rings. The summed E-state index contributed by atoms with van der Waals surface area (Å²) in [5.41, 5.74) is 0.430. The Bertz CT molecular complexity index is 844. The summed E-state index contributed by atoms with van der Waals surface area (Å²) in [7, 11) is 1.72. The molecule has 0 bridgehead atoms. The molecule has 1 saturated heterocycles. The van der Waals surface area contributed by atoms with Crippen LogP contribution < -0.4 is 15.5 Å². The molecular weight excluding hydrogens is 505 g/mol. The molecule has 0 saturated carbocycles. The van der Waals surface area contributed by atoms with E-state index in [1.165, 1.54) is 12.1 Å². The minimum Gasteiger partial charge on any atom is -0.367 e. The second-order valence-corrected chi connectivity index (χ2v) is 7.48. The highest BCUT2D eigenvalue weighted by Gasteiger charge is 2.25. The first-order valence-corrected chi connectivity index (χ1v) is 9.96. The van der Waals surface area contributed by atoms with Gasteiger partial charge >= 0.3 is 0 Å². The standard InChI is InChI=1S/C20H28F2N6O.HI/c1-13(2)19-26-18(29-27-19)5-4-9-24-20(23-3)25-15-8-10-28(12-15)17-7-6-14(21)11-16(17)22;/h6-7,11,13,15H,4-5,8-10,12H2,1-3H3,(H2,23,24,25);1H. The molecule has 0 spiro atoms. The molecule has 1 aromatic heterocycles. The van der Waals surface area contributed by atoms with Crippen LogP contribution in [0.15, 0.2) is 27.7 Å². The second-order valence-electron chi connectivity index (χ2n) is 7.48. The summed E-state index contributed by atoms with van der Waals surface area (Å²) in [5, 5.41) is 10.6. The molecule has 1 aliphatic heterocycles. The van der Waals surface area contributed by atoms with Gasteiger partial charge in [0, 0.05) is 51.1 Å². The van der Waals surface area contributed by atoms with Crippen LogP contribution in [0.25, 0.3) is 0 Å². The van der Waals surface area contributed by atoms with Crippen LogP contribution in [-0.4, -0.2) is 48.8 Å². The van der Waals surface area contributed by atoms with E-state index in [1.54, 1.807) is 7.05 Å². The molecule has 2 aromatic rings. The Morgan fingerprint density at radius 1 is 1.37 bits per heavy atom. The number of halogens is 3. The Morgan fingerprint density at radius 2 is 2.17 bits per heavy atom. The quantitative estimate of drug-likeness (QED) is 0.245. The average molecular weight is 534 g/mol. The van der Waals surface area contributed by atoms with E-state index in [9.17, 15) is 8.78 Å². The predicted octanol–water partition coefficient (Wildman–Crippen LogP) is 3.47. The van der Waals surface area contributed by atoms with Gasteiger partial charge in [0.2, 0.25) is 5.89 Å². The zero-order valence-electron chi connectivity index (χ0n) is 17.5. The maximum atomic E-state index is 14.0. The van der Waals surface area contributed by atoms with Gasteiger partial charge in [-0.1, -0.05) is 19.0 Å². The number of rotatable bonds is 7. The van der Waals surface area contributed by atoms with Crippen LogP contribution in [0.5, 0.6) is 0 Å². The van der Waals surface area contributed by atoms with Crippen molar-refractivity contribution in [2.24, 2.45) is 4.99 Å². The van der Waals surface area contributed by atoms with Crippen molar-refractivity contribution in [2.45, 2.75) is 45.1 Å². The summed E-state index contributed by atoms with van der Waals surface area (Å²) in [6, 6.07) is 3.83. The van der Waals surface area contributed by atoms with Crippen LogP contribution in [0.4, 0.5) is 14.5 Å². The van der Waals surface area contributed by atoms with Gasteiger partial charge in [-0.2, -0.15) is 4.98 Å². The fraction of sp³-hybridized carbons (Fsp3) is 0.550. The van der Waals surface area contributed by atoms with Crippen LogP contribution in [0.2, 0.25) is 0 Å². The topological polar surface area (TPSA) is 78.6 Å². The van der Waals surface area contributed by atoms with Gasteiger partial charge in [0.1, 0.15) is 11.6 Å². The molecule has 1 fully saturated rings. The second kappa shape index (κ2) is 11.4. The zero-order chi connectivity index (χ0) is 20.8. The molecule has 1 atom stereocenters. The lowest BCUT2D eigenvalue weighted by Crippen LogP contribution is -2.45. The monoisotopic (exact) mass is 534 g/mol. The summed E-state index contributed by atoms with van der Waals surface area (Å²) >= 11 is 0. The first-order valence-electron chi connectivity index (χ1n) is 9.96. The highest BCUT2D eigenvalue weighted by molar-refractivity contribution is 14.0. The van der Waals surface area contributed by atoms with Crippen molar-refractivity contribution in [1.82, 2.24) is 20.8 Å². The molecule has 7 nitrogen and oxygen atoms in total. The van der Waals surface area contributed by atoms with Gasteiger partial charge in [-0.05, 0) is 25.0 Å². The lowest BCUT2D eigenvalue weighted by atomic mass is 10.2. The molecule has 0 radical (unpaired) electrons. The fourth-order valence-electron chi connectivity index (χ4n) is 3.27. The minimum absolute atomic E-state index is 0. The van der Waals surface area contributed by atoms with Gasteiger partial charge < -0.3 is 20.1 Å². The Balaban J connectivity index is 0.00000320. The number of anilines is 1. The van der Waals surface area contributed by atoms with Gasteiger partial charge in [0.15, 0.2) is 11.8 Å². The van der Waals surface area contributed by atoms with Crippen LogP contribution >= 0.6 is 24.0 Å². The van der Waals surface area contributed by atoms with E-state index in [0.29, 0.717) is 43.6 Å². The Morgan fingerprint density at radius 3 is 2.83 bits per heavy atom.